The van der Waals surface area contributed by atoms with E-state index in [4.69, 9.17) is 4.74 Å². The van der Waals surface area contributed by atoms with Gasteiger partial charge in [-0.05, 0) is 36.8 Å². The second-order valence-corrected chi connectivity index (χ2v) is 6.40. The molecule has 0 saturated heterocycles. The Morgan fingerprint density at radius 3 is 2.72 bits per heavy atom. The summed E-state index contributed by atoms with van der Waals surface area (Å²) in [4.78, 5) is 17.5. The van der Waals surface area contributed by atoms with Gasteiger partial charge in [-0.2, -0.15) is 15.0 Å². The molecule has 0 bridgehead atoms. The maximum absolute atomic E-state index is 12.9. The predicted octanol–water partition coefficient (Wildman–Crippen LogP) is 3.86. The van der Waals surface area contributed by atoms with Crippen molar-refractivity contribution in [1.29, 1.82) is 5.26 Å². The summed E-state index contributed by atoms with van der Waals surface area (Å²) < 4.78 is 6.72. The zero-order valence-corrected chi connectivity index (χ0v) is 15.9. The predicted molar refractivity (Wildman–Crippen MR) is 109 cm³/mol. The number of anilines is 1. The molecule has 0 unspecified atom stereocenters. The highest BCUT2D eigenvalue weighted by atomic mass is 16.5. The second kappa shape index (κ2) is 7.44. The fourth-order valence-electron chi connectivity index (χ4n) is 3.17. The highest BCUT2D eigenvalue weighted by molar-refractivity contribution is 6.06. The van der Waals surface area contributed by atoms with Gasteiger partial charge in [0, 0.05) is 5.39 Å². The normalized spacial score (nSPS) is 10.5. The van der Waals surface area contributed by atoms with Gasteiger partial charge in [0.15, 0.2) is 11.6 Å². The molecule has 2 heterocycles. The monoisotopic (exact) mass is 383 g/mol. The molecule has 7 heteroatoms. The number of nitrogens with one attached hydrogen (secondary N) is 1. The van der Waals surface area contributed by atoms with Crippen LogP contribution in [0.5, 0.6) is 5.75 Å². The van der Waals surface area contributed by atoms with Gasteiger partial charge in [-0.25, -0.2) is 4.98 Å². The molecular formula is C22H17N5O2. The summed E-state index contributed by atoms with van der Waals surface area (Å²) in [6.45, 7) is 1.98. The lowest BCUT2D eigenvalue weighted by molar-refractivity contribution is 0.102. The third kappa shape index (κ3) is 3.28. The summed E-state index contributed by atoms with van der Waals surface area (Å²) in [5.41, 5.74) is 2.41. The van der Waals surface area contributed by atoms with Crippen LogP contribution >= 0.6 is 0 Å². The van der Waals surface area contributed by atoms with Crippen molar-refractivity contribution >= 4 is 22.6 Å². The van der Waals surface area contributed by atoms with Gasteiger partial charge in [-0.3, -0.25) is 4.79 Å². The van der Waals surface area contributed by atoms with E-state index in [0.29, 0.717) is 17.1 Å². The zero-order valence-electron chi connectivity index (χ0n) is 15.9. The number of aryl methyl sites for hydroxylation is 1. The Morgan fingerprint density at radius 2 is 1.93 bits per heavy atom. The van der Waals surface area contributed by atoms with Crippen LogP contribution in [0.1, 0.15) is 21.5 Å². The molecule has 2 aromatic heterocycles. The molecule has 142 valence electrons. The minimum absolute atomic E-state index is 0.237. The van der Waals surface area contributed by atoms with Crippen molar-refractivity contribution in [3.8, 4) is 17.6 Å². The first-order valence-corrected chi connectivity index (χ1v) is 8.91. The van der Waals surface area contributed by atoms with Crippen LogP contribution in [0, 0.1) is 18.3 Å². The number of benzene rings is 2. The minimum Gasteiger partial charge on any atom is -0.496 e. The molecule has 2 aromatic carbocycles. The van der Waals surface area contributed by atoms with Crippen LogP contribution in [-0.4, -0.2) is 27.8 Å². The van der Waals surface area contributed by atoms with Crippen molar-refractivity contribution < 1.29 is 9.53 Å². The minimum atomic E-state index is -0.404. The Balaban J connectivity index is 1.79. The SMILES string of the molecule is COc1ccccc1C(=O)Nc1c(C#N)cnn1-c1cc(C)c2ccccc2n1. The summed E-state index contributed by atoms with van der Waals surface area (Å²) >= 11 is 0. The van der Waals surface area contributed by atoms with Gasteiger partial charge in [0.05, 0.1) is 24.4 Å². The maximum atomic E-state index is 12.9. The first-order valence-electron chi connectivity index (χ1n) is 8.91. The average molecular weight is 383 g/mol. The molecule has 0 spiro atoms. The lowest BCUT2D eigenvalue weighted by Crippen LogP contribution is -2.17. The second-order valence-electron chi connectivity index (χ2n) is 6.40. The van der Waals surface area contributed by atoms with Crippen molar-refractivity contribution in [3.63, 3.8) is 0 Å². The van der Waals surface area contributed by atoms with Gasteiger partial charge in [-0.1, -0.05) is 30.3 Å². The van der Waals surface area contributed by atoms with Crippen LogP contribution in [0.3, 0.4) is 0 Å². The molecule has 0 atom stereocenters. The summed E-state index contributed by atoms with van der Waals surface area (Å²) in [5.74, 6) is 0.802. The van der Waals surface area contributed by atoms with Crippen LogP contribution in [-0.2, 0) is 0 Å². The lowest BCUT2D eigenvalue weighted by atomic mass is 10.1. The molecule has 1 N–H and O–H groups in total. The number of amides is 1. The number of hydrogen-bond acceptors (Lipinski definition) is 5. The van der Waals surface area contributed by atoms with Gasteiger partial charge >= 0.3 is 0 Å². The molecule has 0 radical (unpaired) electrons. The lowest BCUT2D eigenvalue weighted by Gasteiger charge is -2.12. The third-order valence-electron chi connectivity index (χ3n) is 4.60. The smallest absolute Gasteiger partial charge is 0.260 e. The summed E-state index contributed by atoms with van der Waals surface area (Å²) in [7, 11) is 1.50. The molecule has 0 aliphatic rings. The number of methoxy groups -OCH3 is 1. The first-order chi connectivity index (χ1) is 14.1. The molecule has 7 nitrogen and oxygen atoms in total. The number of rotatable bonds is 4. The fourth-order valence-corrected chi connectivity index (χ4v) is 3.17. The van der Waals surface area contributed by atoms with E-state index < -0.39 is 5.91 Å². The number of nitrogens with zero attached hydrogens (tertiary/aromatic N) is 4. The van der Waals surface area contributed by atoms with Gasteiger partial charge in [-0.15, -0.1) is 0 Å². The van der Waals surface area contributed by atoms with Crippen LogP contribution in [0.25, 0.3) is 16.7 Å². The van der Waals surface area contributed by atoms with E-state index in [1.165, 1.54) is 18.0 Å². The Morgan fingerprint density at radius 1 is 1.17 bits per heavy atom. The molecule has 0 saturated carbocycles. The number of carbonyl (C=O) groups is 1. The van der Waals surface area contributed by atoms with Crippen molar-refractivity contribution in [2.45, 2.75) is 6.92 Å². The number of para-hydroxylation sites is 2. The molecule has 0 fully saturated rings. The number of ether oxygens (including phenoxy) is 1. The van der Waals surface area contributed by atoms with Crippen LogP contribution in [0.4, 0.5) is 5.82 Å². The Hall–Kier alpha value is -4.18. The standard InChI is InChI=1S/C22H17N5O2/c1-14-11-20(25-18-9-5-3-7-16(14)18)27-21(15(12-23)13-24-27)26-22(28)17-8-4-6-10-19(17)29-2/h3-11,13H,1-2H3,(H,26,28). The highest BCUT2D eigenvalue weighted by Gasteiger charge is 2.19. The van der Waals surface area contributed by atoms with E-state index in [1.807, 2.05) is 37.3 Å². The number of hydrogen-bond donors (Lipinski definition) is 1. The highest BCUT2D eigenvalue weighted by Crippen LogP contribution is 2.25. The molecule has 1 amide bonds. The Bertz CT molecular complexity index is 1270. The van der Waals surface area contributed by atoms with Crippen LogP contribution in [0.15, 0.2) is 60.8 Å². The molecule has 4 rings (SSSR count). The summed E-state index contributed by atoms with van der Waals surface area (Å²) in [5, 5.41) is 17.6. The fraction of sp³-hybridized carbons (Fsp3) is 0.0909. The first kappa shape index (κ1) is 18.2. The Labute approximate surface area is 167 Å². The Kier molecular flexibility index (Phi) is 4.67. The zero-order chi connectivity index (χ0) is 20.4. The van der Waals surface area contributed by atoms with Gasteiger partial charge in [0.25, 0.3) is 5.91 Å². The molecule has 4 aromatic rings. The van der Waals surface area contributed by atoms with Gasteiger partial charge < -0.3 is 10.1 Å². The number of aromatic nitrogens is 3. The number of fused-ring (bicyclic) bond motifs is 1. The van der Waals surface area contributed by atoms with Gasteiger partial charge in [0.2, 0.25) is 0 Å². The maximum Gasteiger partial charge on any atom is 0.260 e. The van der Waals surface area contributed by atoms with Crippen molar-refractivity contribution in [1.82, 2.24) is 14.8 Å². The summed E-state index contributed by atoms with van der Waals surface area (Å²) in [6.07, 6.45) is 1.41. The largest absolute Gasteiger partial charge is 0.496 e. The quantitative estimate of drug-likeness (QED) is 0.578. The van der Waals surface area contributed by atoms with Gasteiger partial charge in [0.1, 0.15) is 17.4 Å². The van der Waals surface area contributed by atoms with E-state index >= 15 is 0 Å². The van der Waals surface area contributed by atoms with E-state index in [1.54, 1.807) is 24.3 Å². The molecule has 0 aliphatic heterocycles. The van der Waals surface area contributed by atoms with E-state index in [0.717, 1.165) is 16.5 Å². The third-order valence-corrected chi connectivity index (χ3v) is 4.60. The van der Waals surface area contributed by atoms with E-state index in [-0.39, 0.29) is 11.4 Å². The number of pyridine rings is 1. The van der Waals surface area contributed by atoms with E-state index in [2.05, 4.69) is 21.5 Å². The summed E-state index contributed by atoms with van der Waals surface area (Å²) in [6, 6.07) is 18.6. The molecular weight excluding hydrogens is 366 g/mol. The number of carbonyl (C=O) groups excluding carboxylic acids is 1. The van der Waals surface area contributed by atoms with E-state index in [9.17, 15) is 10.1 Å². The van der Waals surface area contributed by atoms with Crippen molar-refractivity contribution in [3.05, 3.63) is 77.5 Å². The van der Waals surface area contributed by atoms with Crippen molar-refractivity contribution in [2.75, 3.05) is 12.4 Å². The van der Waals surface area contributed by atoms with Crippen LogP contribution in [0.2, 0.25) is 0 Å². The van der Waals surface area contributed by atoms with Crippen LogP contribution < -0.4 is 10.1 Å². The molecule has 0 aliphatic carbocycles. The topological polar surface area (TPSA) is 92.8 Å². The number of nitriles is 1. The average Bonchev–Trinajstić information content (AvgIpc) is 3.16. The molecule has 29 heavy (non-hydrogen) atoms. The van der Waals surface area contributed by atoms with Crippen molar-refractivity contribution in [2.24, 2.45) is 0 Å².